The molecule has 78 valence electrons. The first kappa shape index (κ1) is 11.1. The Bertz CT molecular complexity index is 266. The van der Waals surface area contributed by atoms with Crippen molar-refractivity contribution in [3.05, 3.63) is 0 Å². The summed E-state index contributed by atoms with van der Waals surface area (Å²) in [6.45, 7) is -0.0289. The molecule has 1 saturated carbocycles. The minimum absolute atomic E-state index is 0.0289. The number of rotatable bonds is 5. The maximum Gasteiger partial charge on any atom is 0.350 e. The van der Waals surface area contributed by atoms with Crippen molar-refractivity contribution in [3.8, 4) is 0 Å². The number of hydrogen-bond acceptors (Lipinski definition) is 2. The highest BCUT2D eigenvalue weighted by atomic mass is 35.5. The van der Waals surface area contributed by atoms with Crippen LogP contribution in [0.3, 0.4) is 0 Å². The SMILES string of the molecule is O=S(=O)(C(F)F)N(CCCl)C1CC1. The van der Waals surface area contributed by atoms with Gasteiger partial charge in [0.25, 0.3) is 10.0 Å². The Morgan fingerprint density at radius 2 is 2.00 bits per heavy atom. The zero-order valence-corrected chi connectivity index (χ0v) is 8.36. The van der Waals surface area contributed by atoms with Crippen LogP contribution in [0.2, 0.25) is 0 Å². The predicted octanol–water partition coefficient (Wildman–Crippen LogP) is 1.24. The largest absolute Gasteiger partial charge is 0.350 e. The van der Waals surface area contributed by atoms with Crippen molar-refractivity contribution in [3.63, 3.8) is 0 Å². The van der Waals surface area contributed by atoms with Crippen molar-refractivity contribution in [1.82, 2.24) is 4.31 Å². The molecule has 0 radical (unpaired) electrons. The molecule has 0 heterocycles. The number of hydrogen-bond donors (Lipinski definition) is 0. The summed E-state index contributed by atoms with van der Waals surface area (Å²) in [4.78, 5) is 0. The van der Waals surface area contributed by atoms with E-state index in [4.69, 9.17) is 11.6 Å². The topological polar surface area (TPSA) is 37.4 Å². The summed E-state index contributed by atoms with van der Waals surface area (Å²) in [5, 5.41) is 0. The molecule has 0 aromatic heterocycles. The standard InChI is InChI=1S/C6H10ClF2NO2S/c7-3-4-10(5-1-2-5)13(11,12)6(8)9/h5-6H,1-4H2. The maximum absolute atomic E-state index is 12.1. The molecule has 0 aliphatic heterocycles. The molecule has 0 saturated heterocycles. The molecule has 0 unspecified atom stereocenters. The Morgan fingerprint density at radius 1 is 1.46 bits per heavy atom. The molecule has 0 aromatic rings. The Balaban J connectivity index is 2.73. The molecule has 1 rings (SSSR count). The summed E-state index contributed by atoms with van der Waals surface area (Å²) in [5.74, 6) is -3.29. The van der Waals surface area contributed by atoms with Crippen LogP contribution in [-0.4, -0.2) is 36.9 Å². The highest BCUT2D eigenvalue weighted by Crippen LogP contribution is 2.30. The zero-order chi connectivity index (χ0) is 10.1. The van der Waals surface area contributed by atoms with Crippen LogP contribution in [0.15, 0.2) is 0 Å². The van der Waals surface area contributed by atoms with Crippen LogP contribution >= 0.6 is 11.6 Å². The maximum atomic E-state index is 12.1. The number of nitrogens with zero attached hydrogens (tertiary/aromatic N) is 1. The van der Waals surface area contributed by atoms with Crippen LogP contribution < -0.4 is 0 Å². The van der Waals surface area contributed by atoms with E-state index in [0.717, 1.165) is 4.31 Å². The van der Waals surface area contributed by atoms with Crippen LogP contribution in [0, 0.1) is 0 Å². The Labute approximate surface area is 80.7 Å². The van der Waals surface area contributed by atoms with Crippen LogP contribution in [0.25, 0.3) is 0 Å². The molecule has 7 heteroatoms. The van der Waals surface area contributed by atoms with Gasteiger partial charge in [-0.15, -0.1) is 11.6 Å². The van der Waals surface area contributed by atoms with Crippen LogP contribution in [-0.2, 0) is 10.0 Å². The van der Waals surface area contributed by atoms with Crippen molar-refractivity contribution in [2.75, 3.05) is 12.4 Å². The smallest absolute Gasteiger partial charge is 0.206 e. The summed E-state index contributed by atoms with van der Waals surface area (Å²) in [5.41, 5.74) is 0. The van der Waals surface area contributed by atoms with Crippen molar-refractivity contribution < 1.29 is 17.2 Å². The lowest BCUT2D eigenvalue weighted by Gasteiger charge is -2.19. The van der Waals surface area contributed by atoms with Crippen LogP contribution in [0.1, 0.15) is 12.8 Å². The van der Waals surface area contributed by atoms with Gasteiger partial charge >= 0.3 is 5.76 Å². The van der Waals surface area contributed by atoms with Gasteiger partial charge in [-0.25, -0.2) is 8.42 Å². The van der Waals surface area contributed by atoms with E-state index < -0.39 is 15.8 Å². The molecule has 0 amide bonds. The van der Waals surface area contributed by atoms with Gasteiger partial charge in [-0.2, -0.15) is 13.1 Å². The van der Waals surface area contributed by atoms with Gasteiger partial charge in [0.05, 0.1) is 0 Å². The molecule has 0 atom stereocenters. The minimum atomic E-state index is -4.42. The predicted molar refractivity (Wildman–Crippen MR) is 45.4 cm³/mol. The lowest BCUT2D eigenvalue weighted by Crippen LogP contribution is -2.38. The molecule has 0 aromatic carbocycles. The van der Waals surface area contributed by atoms with Crippen molar-refractivity contribution in [2.24, 2.45) is 0 Å². The molecule has 0 spiro atoms. The second-order valence-corrected chi connectivity index (χ2v) is 5.07. The lowest BCUT2D eigenvalue weighted by molar-refractivity contribution is 0.218. The van der Waals surface area contributed by atoms with E-state index in [1.165, 1.54) is 0 Å². The summed E-state index contributed by atoms with van der Waals surface area (Å²) in [6, 6.07) is -0.252. The van der Waals surface area contributed by atoms with E-state index in [2.05, 4.69) is 0 Å². The average Bonchev–Trinajstić information content (AvgIpc) is 2.82. The number of alkyl halides is 3. The fourth-order valence-electron chi connectivity index (χ4n) is 1.07. The average molecular weight is 234 g/mol. The summed E-state index contributed by atoms with van der Waals surface area (Å²) >= 11 is 5.33. The third-order valence-corrected chi connectivity index (χ3v) is 3.56. The minimum Gasteiger partial charge on any atom is -0.206 e. The fourth-order valence-corrected chi connectivity index (χ4v) is 2.52. The van der Waals surface area contributed by atoms with E-state index in [0.29, 0.717) is 12.8 Å². The van der Waals surface area contributed by atoms with Crippen molar-refractivity contribution in [2.45, 2.75) is 24.6 Å². The van der Waals surface area contributed by atoms with Gasteiger partial charge in [0.15, 0.2) is 0 Å². The molecule has 3 nitrogen and oxygen atoms in total. The van der Waals surface area contributed by atoms with Gasteiger partial charge in [-0.3, -0.25) is 0 Å². The van der Waals surface area contributed by atoms with E-state index >= 15 is 0 Å². The Morgan fingerprint density at radius 3 is 2.31 bits per heavy atom. The number of halogens is 3. The zero-order valence-electron chi connectivity index (χ0n) is 6.79. The molecule has 0 N–H and O–H groups in total. The summed E-state index contributed by atoms with van der Waals surface area (Å²) in [7, 11) is -4.42. The molecule has 1 aliphatic rings. The fraction of sp³-hybridized carbons (Fsp3) is 1.00. The van der Waals surface area contributed by atoms with Gasteiger partial charge in [0.2, 0.25) is 0 Å². The third-order valence-electron chi connectivity index (χ3n) is 1.81. The first-order valence-corrected chi connectivity index (χ1v) is 5.88. The first-order chi connectivity index (χ1) is 6.00. The van der Waals surface area contributed by atoms with Crippen LogP contribution in [0.5, 0.6) is 0 Å². The molecular weight excluding hydrogens is 224 g/mol. The first-order valence-electron chi connectivity index (χ1n) is 3.85. The molecule has 0 bridgehead atoms. The highest BCUT2D eigenvalue weighted by Gasteiger charge is 2.41. The quantitative estimate of drug-likeness (QED) is 0.670. The van der Waals surface area contributed by atoms with Crippen LogP contribution in [0.4, 0.5) is 8.78 Å². The third kappa shape index (κ3) is 2.51. The molecular formula is C6H10ClF2NO2S. The van der Waals surface area contributed by atoms with E-state index in [9.17, 15) is 17.2 Å². The van der Waals surface area contributed by atoms with Crippen molar-refractivity contribution in [1.29, 1.82) is 0 Å². The molecule has 1 fully saturated rings. The normalized spacial score (nSPS) is 18.5. The lowest BCUT2D eigenvalue weighted by atomic mass is 10.6. The highest BCUT2D eigenvalue weighted by molar-refractivity contribution is 7.89. The van der Waals surface area contributed by atoms with E-state index in [1.807, 2.05) is 0 Å². The summed E-state index contributed by atoms with van der Waals surface area (Å²) < 4.78 is 47.1. The van der Waals surface area contributed by atoms with Crippen molar-refractivity contribution >= 4 is 21.6 Å². The Hall–Kier alpha value is 0.0600. The van der Waals surface area contributed by atoms with Gasteiger partial charge in [0, 0.05) is 18.5 Å². The van der Waals surface area contributed by atoms with E-state index in [-0.39, 0.29) is 18.5 Å². The summed E-state index contributed by atoms with van der Waals surface area (Å²) in [6.07, 6.45) is 1.31. The monoisotopic (exact) mass is 233 g/mol. The van der Waals surface area contributed by atoms with Gasteiger partial charge in [-0.05, 0) is 12.8 Å². The van der Waals surface area contributed by atoms with Gasteiger partial charge < -0.3 is 0 Å². The van der Waals surface area contributed by atoms with Gasteiger partial charge in [-0.1, -0.05) is 0 Å². The molecule has 13 heavy (non-hydrogen) atoms. The second kappa shape index (κ2) is 4.06. The molecule has 1 aliphatic carbocycles. The second-order valence-electron chi connectivity index (χ2n) is 2.84. The Kier molecular flexibility index (Phi) is 3.48. The van der Waals surface area contributed by atoms with Gasteiger partial charge in [0.1, 0.15) is 0 Å². The van der Waals surface area contributed by atoms with E-state index in [1.54, 1.807) is 0 Å². The number of sulfonamides is 1.